The SMILES string of the molecule is Cc1csc2nc(C(=O)Nc3nnc(C4CCCCC4)s3)cn12. The van der Waals surface area contributed by atoms with Crippen molar-refractivity contribution in [2.45, 2.75) is 44.9 Å². The topological polar surface area (TPSA) is 72.2 Å². The van der Waals surface area contributed by atoms with Crippen molar-refractivity contribution in [3.05, 3.63) is 28.0 Å². The first-order chi connectivity index (χ1) is 11.2. The Kier molecular flexibility index (Phi) is 3.86. The smallest absolute Gasteiger partial charge is 0.277 e. The lowest BCUT2D eigenvalue weighted by atomic mass is 9.90. The van der Waals surface area contributed by atoms with Crippen molar-refractivity contribution in [2.24, 2.45) is 0 Å². The number of aromatic nitrogens is 4. The van der Waals surface area contributed by atoms with E-state index in [9.17, 15) is 4.79 Å². The van der Waals surface area contributed by atoms with Crippen molar-refractivity contribution >= 4 is 38.7 Å². The Bertz CT molecular complexity index is 843. The molecule has 1 N–H and O–H groups in total. The standard InChI is InChI=1S/C15H17N5OS2/c1-9-8-22-15-16-11(7-20(9)15)12(21)17-14-19-18-13(23-14)10-5-3-2-4-6-10/h7-8,10H,2-6H2,1H3,(H,17,19,21). The zero-order valence-electron chi connectivity index (χ0n) is 12.8. The molecule has 120 valence electrons. The Morgan fingerprint density at radius 3 is 2.91 bits per heavy atom. The molecule has 3 aromatic rings. The number of imidazole rings is 1. The Labute approximate surface area is 141 Å². The van der Waals surface area contributed by atoms with Gasteiger partial charge >= 0.3 is 0 Å². The fourth-order valence-electron chi connectivity index (χ4n) is 2.96. The molecule has 0 aromatic carbocycles. The Balaban J connectivity index is 1.48. The van der Waals surface area contributed by atoms with Crippen LogP contribution in [0.3, 0.4) is 0 Å². The molecule has 1 fully saturated rings. The summed E-state index contributed by atoms with van der Waals surface area (Å²) in [5, 5.41) is 14.8. The maximum absolute atomic E-state index is 12.3. The zero-order chi connectivity index (χ0) is 15.8. The number of fused-ring (bicyclic) bond motifs is 1. The van der Waals surface area contributed by atoms with E-state index in [4.69, 9.17) is 0 Å². The number of nitrogens with one attached hydrogen (secondary N) is 1. The number of carbonyl (C=O) groups excluding carboxylic acids is 1. The molecule has 0 atom stereocenters. The lowest BCUT2D eigenvalue weighted by Gasteiger charge is -2.18. The molecule has 1 aliphatic carbocycles. The number of carbonyl (C=O) groups is 1. The van der Waals surface area contributed by atoms with Crippen LogP contribution >= 0.6 is 22.7 Å². The Morgan fingerprint density at radius 2 is 2.13 bits per heavy atom. The highest BCUT2D eigenvalue weighted by atomic mass is 32.1. The third-order valence-electron chi connectivity index (χ3n) is 4.24. The van der Waals surface area contributed by atoms with Crippen molar-refractivity contribution in [3.63, 3.8) is 0 Å². The highest BCUT2D eigenvalue weighted by molar-refractivity contribution is 7.15. The first kappa shape index (κ1) is 14.8. The van der Waals surface area contributed by atoms with Gasteiger partial charge in [0.1, 0.15) is 10.7 Å². The minimum Gasteiger partial charge on any atom is -0.295 e. The summed E-state index contributed by atoms with van der Waals surface area (Å²) in [6.45, 7) is 1.99. The number of amides is 1. The summed E-state index contributed by atoms with van der Waals surface area (Å²) in [5.41, 5.74) is 1.49. The van der Waals surface area contributed by atoms with Gasteiger partial charge in [0.15, 0.2) is 4.96 Å². The summed E-state index contributed by atoms with van der Waals surface area (Å²) < 4.78 is 1.92. The molecule has 0 bridgehead atoms. The van der Waals surface area contributed by atoms with Crippen LogP contribution in [-0.2, 0) is 0 Å². The summed E-state index contributed by atoms with van der Waals surface area (Å²) in [4.78, 5) is 17.5. The van der Waals surface area contributed by atoms with Crippen LogP contribution in [-0.4, -0.2) is 25.5 Å². The van der Waals surface area contributed by atoms with Crippen LogP contribution in [0.1, 0.15) is 59.2 Å². The van der Waals surface area contributed by atoms with E-state index >= 15 is 0 Å². The molecule has 0 radical (unpaired) electrons. The van der Waals surface area contributed by atoms with Gasteiger partial charge in [0, 0.05) is 23.2 Å². The van der Waals surface area contributed by atoms with Gasteiger partial charge in [-0.2, -0.15) is 0 Å². The third-order valence-corrected chi connectivity index (χ3v) is 6.20. The molecule has 0 unspecified atom stereocenters. The van der Waals surface area contributed by atoms with Crippen LogP contribution in [0, 0.1) is 6.92 Å². The van der Waals surface area contributed by atoms with Crippen LogP contribution < -0.4 is 5.32 Å². The molecule has 4 rings (SSSR count). The van der Waals surface area contributed by atoms with Gasteiger partial charge in [-0.1, -0.05) is 30.6 Å². The van der Waals surface area contributed by atoms with Crippen LogP contribution in [0.5, 0.6) is 0 Å². The van der Waals surface area contributed by atoms with Gasteiger partial charge in [0.25, 0.3) is 5.91 Å². The number of hydrogen-bond donors (Lipinski definition) is 1. The third kappa shape index (κ3) is 2.88. The fraction of sp³-hybridized carbons (Fsp3) is 0.467. The number of rotatable bonds is 3. The molecule has 0 spiro atoms. The highest BCUT2D eigenvalue weighted by Crippen LogP contribution is 2.35. The van der Waals surface area contributed by atoms with Gasteiger partial charge in [0.05, 0.1) is 0 Å². The van der Waals surface area contributed by atoms with E-state index in [0.717, 1.165) is 15.7 Å². The molecule has 8 heteroatoms. The summed E-state index contributed by atoms with van der Waals surface area (Å²) in [5.74, 6) is 0.277. The van der Waals surface area contributed by atoms with Crippen molar-refractivity contribution in [2.75, 3.05) is 5.32 Å². The monoisotopic (exact) mass is 347 g/mol. The molecule has 0 saturated heterocycles. The summed E-state index contributed by atoms with van der Waals surface area (Å²) in [6, 6.07) is 0. The number of nitrogens with zero attached hydrogens (tertiary/aromatic N) is 4. The van der Waals surface area contributed by atoms with Gasteiger partial charge in [-0.15, -0.1) is 21.5 Å². The van der Waals surface area contributed by atoms with Gasteiger partial charge in [-0.05, 0) is 19.8 Å². The lowest BCUT2D eigenvalue weighted by Crippen LogP contribution is -2.12. The predicted molar refractivity (Wildman–Crippen MR) is 91.5 cm³/mol. The van der Waals surface area contributed by atoms with Crippen LogP contribution in [0.4, 0.5) is 5.13 Å². The minimum atomic E-state index is -0.230. The zero-order valence-corrected chi connectivity index (χ0v) is 14.4. The summed E-state index contributed by atoms with van der Waals surface area (Å²) in [7, 11) is 0. The van der Waals surface area contributed by atoms with E-state index < -0.39 is 0 Å². The molecule has 0 aliphatic heterocycles. The second-order valence-electron chi connectivity index (χ2n) is 5.89. The minimum absolute atomic E-state index is 0.230. The normalized spacial score (nSPS) is 16.0. The predicted octanol–water partition coefficient (Wildman–Crippen LogP) is 3.86. The Hall–Kier alpha value is -1.80. The van der Waals surface area contributed by atoms with Gasteiger partial charge in [-0.3, -0.25) is 14.5 Å². The average Bonchev–Trinajstić information content (AvgIpc) is 3.26. The van der Waals surface area contributed by atoms with E-state index in [0.29, 0.717) is 16.7 Å². The van der Waals surface area contributed by atoms with Crippen LogP contribution in [0.25, 0.3) is 4.96 Å². The molecule has 6 nitrogen and oxygen atoms in total. The second-order valence-corrected chi connectivity index (χ2v) is 7.74. The van der Waals surface area contributed by atoms with Crippen molar-refractivity contribution in [1.29, 1.82) is 0 Å². The molecule has 3 aromatic heterocycles. The molecule has 1 aliphatic rings. The maximum atomic E-state index is 12.3. The largest absolute Gasteiger partial charge is 0.295 e. The quantitative estimate of drug-likeness (QED) is 0.781. The van der Waals surface area contributed by atoms with E-state index in [1.807, 2.05) is 16.7 Å². The van der Waals surface area contributed by atoms with E-state index in [1.54, 1.807) is 6.20 Å². The van der Waals surface area contributed by atoms with E-state index in [2.05, 4.69) is 20.5 Å². The molecule has 3 heterocycles. The first-order valence-electron chi connectivity index (χ1n) is 7.78. The number of hydrogen-bond acceptors (Lipinski definition) is 6. The molecule has 23 heavy (non-hydrogen) atoms. The lowest BCUT2D eigenvalue weighted by molar-refractivity contribution is 0.102. The Morgan fingerprint density at radius 1 is 1.30 bits per heavy atom. The molecule has 1 saturated carbocycles. The summed E-state index contributed by atoms with van der Waals surface area (Å²) >= 11 is 3.02. The number of aryl methyl sites for hydroxylation is 1. The van der Waals surface area contributed by atoms with Crippen LogP contribution in [0.15, 0.2) is 11.6 Å². The highest BCUT2D eigenvalue weighted by Gasteiger charge is 2.21. The molecule has 1 amide bonds. The van der Waals surface area contributed by atoms with E-state index in [1.165, 1.54) is 54.8 Å². The van der Waals surface area contributed by atoms with E-state index in [-0.39, 0.29) is 5.91 Å². The molecular weight excluding hydrogens is 330 g/mol. The first-order valence-corrected chi connectivity index (χ1v) is 9.48. The van der Waals surface area contributed by atoms with Crippen molar-refractivity contribution in [3.8, 4) is 0 Å². The number of anilines is 1. The number of thiazole rings is 1. The second kappa shape index (κ2) is 6.01. The maximum Gasteiger partial charge on any atom is 0.277 e. The average molecular weight is 347 g/mol. The van der Waals surface area contributed by atoms with Crippen LogP contribution in [0.2, 0.25) is 0 Å². The van der Waals surface area contributed by atoms with Crippen molar-refractivity contribution in [1.82, 2.24) is 19.6 Å². The fourth-order valence-corrected chi connectivity index (χ4v) is 4.72. The summed E-state index contributed by atoms with van der Waals surface area (Å²) in [6.07, 6.45) is 7.96. The van der Waals surface area contributed by atoms with Gasteiger partial charge in [-0.25, -0.2) is 4.98 Å². The van der Waals surface area contributed by atoms with Crippen molar-refractivity contribution < 1.29 is 4.79 Å². The molecular formula is C15H17N5OS2. The van der Waals surface area contributed by atoms with Gasteiger partial charge < -0.3 is 0 Å². The van der Waals surface area contributed by atoms with Gasteiger partial charge in [0.2, 0.25) is 5.13 Å².